The van der Waals surface area contributed by atoms with Crippen LogP contribution in [-0.4, -0.2) is 48.2 Å². The highest BCUT2D eigenvalue weighted by atomic mass is 19.1. The number of hydrogen-bond donors (Lipinski definition) is 1. The summed E-state index contributed by atoms with van der Waals surface area (Å²) in [5.74, 6) is 1.38. The topological polar surface area (TPSA) is 96.7 Å². The highest BCUT2D eigenvalue weighted by molar-refractivity contribution is 5.96. The second-order valence-corrected chi connectivity index (χ2v) is 8.29. The molecule has 36 heavy (non-hydrogen) atoms. The van der Waals surface area contributed by atoms with Crippen molar-refractivity contribution in [3.8, 4) is 17.2 Å². The number of carbonyl (C=O) groups is 1. The molecule has 0 saturated carbocycles. The first-order valence-electron chi connectivity index (χ1n) is 11.4. The lowest BCUT2D eigenvalue weighted by Gasteiger charge is -2.21. The third kappa shape index (κ3) is 4.80. The Morgan fingerprint density at radius 3 is 2.86 bits per heavy atom. The number of amides is 1. The number of fused-ring (bicyclic) bond motifs is 2. The van der Waals surface area contributed by atoms with Gasteiger partial charge >= 0.3 is 0 Å². The SMILES string of the molecule is COc1ccc(Cn2ncc3cc(C(=O)NCCc4cc(F)cc5c4OCOC5)cnc32)c(OC)c1. The number of halogens is 1. The van der Waals surface area contributed by atoms with Crippen molar-refractivity contribution in [3.05, 3.63) is 76.9 Å². The number of pyridine rings is 1. The molecule has 4 aromatic rings. The lowest BCUT2D eigenvalue weighted by atomic mass is 10.1. The fourth-order valence-corrected chi connectivity index (χ4v) is 4.21. The van der Waals surface area contributed by atoms with Crippen LogP contribution in [0.25, 0.3) is 11.0 Å². The molecule has 186 valence electrons. The maximum Gasteiger partial charge on any atom is 0.252 e. The standard InChI is InChI=1S/C26H25FN4O5/c1-33-22-4-3-17(23(10-22)34-2)13-31-25-18(12-30-31)7-19(11-29-25)26(32)28-6-5-16-8-21(27)9-20-14-35-15-36-24(16)20/h3-4,7-12H,5-6,13-15H2,1-2H3,(H,28,32). The third-order valence-electron chi connectivity index (χ3n) is 5.98. The summed E-state index contributed by atoms with van der Waals surface area (Å²) in [7, 11) is 3.21. The summed E-state index contributed by atoms with van der Waals surface area (Å²) in [5.41, 5.74) is 3.34. The Hall–Kier alpha value is -4.18. The van der Waals surface area contributed by atoms with Gasteiger partial charge in [0.1, 0.15) is 23.1 Å². The van der Waals surface area contributed by atoms with Gasteiger partial charge in [0.2, 0.25) is 0 Å². The number of ether oxygens (including phenoxy) is 4. The first-order chi connectivity index (χ1) is 17.6. The van der Waals surface area contributed by atoms with Crippen molar-refractivity contribution in [1.82, 2.24) is 20.1 Å². The summed E-state index contributed by atoms with van der Waals surface area (Å²) in [6, 6.07) is 10.2. The lowest BCUT2D eigenvalue weighted by Crippen LogP contribution is -2.26. The Kier molecular flexibility index (Phi) is 6.68. The van der Waals surface area contributed by atoms with Crippen molar-refractivity contribution >= 4 is 16.9 Å². The molecular formula is C26H25FN4O5. The number of methoxy groups -OCH3 is 2. The highest BCUT2D eigenvalue weighted by Crippen LogP contribution is 2.30. The summed E-state index contributed by atoms with van der Waals surface area (Å²) in [6.45, 7) is 1.19. The van der Waals surface area contributed by atoms with Crippen LogP contribution in [0.1, 0.15) is 27.0 Å². The van der Waals surface area contributed by atoms with Gasteiger partial charge in [-0.2, -0.15) is 5.10 Å². The molecule has 9 nitrogen and oxygen atoms in total. The van der Waals surface area contributed by atoms with E-state index in [0.717, 1.165) is 10.9 Å². The number of nitrogens with zero attached hydrogens (tertiary/aromatic N) is 3. The van der Waals surface area contributed by atoms with Gasteiger partial charge in [0.15, 0.2) is 12.4 Å². The molecule has 1 aliphatic heterocycles. The van der Waals surface area contributed by atoms with Crippen molar-refractivity contribution in [3.63, 3.8) is 0 Å². The van der Waals surface area contributed by atoms with Crippen LogP contribution < -0.4 is 19.5 Å². The van der Waals surface area contributed by atoms with Crippen LogP contribution in [0.15, 0.2) is 48.8 Å². The number of benzene rings is 2. The van der Waals surface area contributed by atoms with Crippen LogP contribution in [0, 0.1) is 5.82 Å². The lowest BCUT2D eigenvalue weighted by molar-refractivity contribution is -0.0172. The summed E-state index contributed by atoms with van der Waals surface area (Å²) < 4.78 is 37.2. The van der Waals surface area contributed by atoms with Crippen LogP contribution in [-0.2, 0) is 24.3 Å². The van der Waals surface area contributed by atoms with Crippen molar-refractivity contribution in [2.45, 2.75) is 19.6 Å². The van der Waals surface area contributed by atoms with Gasteiger partial charge in [-0.1, -0.05) is 0 Å². The van der Waals surface area contributed by atoms with E-state index in [1.165, 1.54) is 18.3 Å². The van der Waals surface area contributed by atoms with Gasteiger partial charge < -0.3 is 24.3 Å². The molecule has 3 heterocycles. The van der Waals surface area contributed by atoms with E-state index in [-0.39, 0.29) is 18.5 Å². The molecule has 0 aliphatic carbocycles. The molecule has 1 aliphatic rings. The van der Waals surface area contributed by atoms with Crippen molar-refractivity contribution < 1.29 is 28.1 Å². The number of nitrogens with one attached hydrogen (secondary N) is 1. The second kappa shape index (κ2) is 10.2. The Balaban J connectivity index is 1.26. The van der Waals surface area contributed by atoms with E-state index in [2.05, 4.69) is 15.4 Å². The zero-order valence-corrected chi connectivity index (χ0v) is 19.9. The summed E-state index contributed by atoms with van der Waals surface area (Å²) in [4.78, 5) is 17.2. The molecule has 0 bridgehead atoms. The Morgan fingerprint density at radius 2 is 2.03 bits per heavy atom. The molecule has 1 amide bonds. The van der Waals surface area contributed by atoms with Crippen LogP contribution in [0.2, 0.25) is 0 Å². The van der Waals surface area contributed by atoms with Crippen molar-refractivity contribution in [2.24, 2.45) is 0 Å². The molecule has 0 saturated heterocycles. The van der Waals surface area contributed by atoms with E-state index < -0.39 is 0 Å². The molecule has 0 atom stereocenters. The smallest absolute Gasteiger partial charge is 0.252 e. The highest BCUT2D eigenvalue weighted by Gasteiger charge is 2.18. The van der Waals surface area contributed by atoms with Gasteiger partial charge in [-0.05, 0) is 42.3 Å². The molecule has 1 N–H and O–H groups in total. The first-order valence-corrected chi connectivity index (χ1v) is 11.4. The largest absolute Gasteiger partial charge is 0.497 e. The van der Waals surface area contributed by atoms with Gasteiger partial charge in [-0.25, -0.2) is 14.1 Å². The van der Waals surface area contributed by atoms with Crippen LogP contribution in [0.4, 0.5) is 4.39 Å². The van der Waals surface area contributed by atoms with Crippen LogP contribution in [0.3, 0.4) is 0 Å². The van der Waals surface area contributed by atoms with E-state index >= 15 is 0 Å². The predicted octanol–water partition coefficient (Wildman–Crippen LogP) is 3.47. The molecule has 5 rings (SSSR count). The molecule has 2 aromatic heterocycles. The average molecular weight is 493 g/mol. The van der Waals surface area contributed by atoms with Crippen LogP contribution in [0.5, 0.6) is 17.2 Å². The quantitative estimate of drug-likeness (QED) is 0.402. The monoisotopic (exact) mass is 492 g/mol. The molecule has 10 heteroatoms. The van der Waals surface area contributed by atoms with Gasteiger partial charge in [-0.15, -0.1) is 0 Å². The maximum atomic E-state index is 13.9. The Morgan fingerprint density at radius 1 is 1.14 bits per heavy atom. The van der Waals surface area contributed by atoms with E-state index in [1.807, 2.05) is 18.2 Å². The minimum atomic E-state index is -0.358. The Labute approximate surface area is 206 Å². The molecule has 0 spiro atoms. The van der Waals surface area contributed by atoms with Crippen LogP contribution >= 0.6 is 0 Å². The minimum absolute atomic E-state index is 0.128. The third-order valence-corrected chi connectivity index (χ3v) is 5.98. The second-order valence-electron chi connectivity index (χ2n) is 8.29. The molecule has 2 aromatic carbocycles. The predicted molar refractivity (Wildman–Crippen MR) is 129 cm³/mol. The fraction of sp³-hybridized carbons (Fsp3) is 0.269. The van der Waals surface area contributed by atoms with E-state index in [4.69, 9.17) is 18.9 Å². The molecule has 0 unspecified atom stereocenters. The maximum absolute atomic E-state index is 13.9. The number of hydrogen-bond acceptors (Lipinski definition) is 7. The van der Waals surface area contributed by atoms with Gasteiger partial charge in [-0.3, -0.25) is 4.79 Å². The summed E-state index contributed by atoms with van der Waals surface area (Å²) in [6.07, 6.45) is 3.61. The fourth-order valence-electron chi connectivity index (χ4n) is 4.21. The van der Waals surface area contributed by atoms with Gasteiger partial charge in [0.05, 0.1) is 39.1 Å². The summed E-state index contributed by atoms with van der Waals surface area (Å²) >= 11 is 0. The summed E-state index contributed by atoms with van der Waals surface area (Å²) in [5, 5.41) is 8.04. The van der Waals surface area contributed by atoms with Crippen molar-refractivity contribution in [2.75, 3.05) is 27.6 Å². The molecule has 0 fully saturated rings. The number of carbonyl (C=O) groups excluding carboxylic acids is 1. The minimum Gasteiger partial charge on any atom is -0.497 e. The normalized spacial score (nSPS) is 12.6. The average Bonchev–Trinajstić information content (AvgIpc) is 3.30. The molecule has 0 radical (unpaired) electrons. The Bertz CT molecular complexity index is 1420. The zero-order chi connectivity index (χ0) is 25.1. The van der Waals surface area contributed by atoms with Crippen molar-refractivity contribution in [1.29, 1.82) is 0 Å². The van der Waals surface area contributed by atoms with Gasteiger partial charge in [0, 0.05) is 35.3 Å². The first kappa shape index (κ1) is 23.6. The number of aromatic nitrogens is 3. The zero-order valence-electron chi connectivity index (χ0n) is 19.9. The number of rotatable bonds is 8. The van der Waals surface area contributed by atoms with E-state index in [1.54, 1.807) is 31.2 Å². The van der Waals surface area contributed by atoms with Gasteiger partial charge in [0.25, 0.3) is 5.91 Å². The molecular weight excluding hydrogens is 467 g/mol. The van der Waals surface area contributed by atoms with E-state index in [0.29, 0.717) is 65.7 Å². The van der Waals surface area contributed by atoms with E-state index in [9.17, 15) is 9.18 Å².